The normalized spacial score (nSPS) is 19.1. The molecule has 106 valence electrons. The van der Waals surface area contributed by atoms with Gasteiger partial charge in [-0.2, -0.15) is 13.2 Å². The van der Waals surface area contributed by atoms with E-state index in [1.165, 1.54) is 17.0 Å². The summed E-state index contributed by atoms with van der Waals surface area (Å²) in [5.41, 5.74) is 7.91. The number of nitrogens with zero attached hydrogens (tertiary/aromatic N) is 4. The first kappa shape index (κ1) is 14.2. The lowest BCUT2D eigenvalue weighted by molar-refractivity contribution is -0.137. The fraction of sp³-hybridized carbons (Fsp3) is 0.417. The van der Waals surface area contributed by atoms with Crippen LogP contribution in [0.4, 0.5) is 18.9 Å². The van der Waals surface area contributed by atoms with Gasteiger partial charge in [0.05, 0.1) is 5.56 Å². The molecule has 1 amide bonds. The largest absolute Gasteiger partial charge is 0.416 e. The van der Waals surface area contributed by atoms with Crippen molar-refractivity contribution in [2.75, 3.05) is 18.0 Å². The second-order valence-electron chi connectivity index (χ2n) is 4.53. The zero-order chi connectivity index (χ0) is 14.8. The number of carbonyl (C=O) groups is 1. The zero-order valence-corrected chi connectivity index (χ0v) is 10.3. The molecule has 8 heteroatoms. The lowest BCUT2D eigenvalue weighted by atomic mass is 10.1. The Kier molecular flexibility index (Phi) is 3.85. The Labute approximate surface area is 112 Å². The highest BCUT2D eigenvalue weighted by Crippen LogP contribution is 2.32. The van der Waals surface area contributed by atoms with Crippen LogP contribution in [0.15, 0.2) is 29.4 Å². The molecule has 1 aromatic carbocycles. The molecule has 0 aromatic heterocycles. The van der Waals surface area contributed by atoms with Gasteiger partial charge >= 0.3 is 6.18 Å². The monoisotopic (exact) mass is 284 g/mol. The summed E-state index contributed by atoms with van der Waals surface area (Å²) in [6.45, 7) is 0.558. The van der Waals surface area contributed by atoms with Crippen molar-refractivity contribution in [3.8, 4) is 0 Å². The summed E-state index contributed by atoms with van der Waals surface area (Å²) >= 11 is 0. The number of anilines is 1. The molecule has 1 heterocycles. The molecule has 1 aromatic rings. The molecule has 2 rings (SSSR count). The van der Waals surface area contributed by atoms with E-state index >= 15 is 0 Å². The summed E-state index contributed by atoms with van der Waals surface area (Å²) in [5, 5.41) is 3.42. The van der Waals surface area contributed by atoms with E-state index in [0.717, 1.165) is 12.1 Å². The summed E-state index contributed by atoms with van der Waals surface area (Å²) in [6, 6.07) is 4.44. The molecule has 1 aliphatic rings. The SMILES string of the molecule is [N-]=[N+]=NCC1CC(=O)N(c2ccc(C(F)(F)F)cc2)C1. The van der Waals surface area contributed by atoms with Crippen LogP contribution in [0.5, 0.6) is 0 Å². The van der Waals surface area contributed by atoms with Crippen molar-refractivity contribution in [2.45, 2.75) is 12.6 Å². The molecule has 0 saturated carbocycles. The number of hydrogen-bond acceptors (Lipinski definition) is 2. The van der Waals surface area contributed by atoms with Gasteiger partial charge in [0.2, 0.25) is 5.91 Å². The molecule has 0 radical (unpaired) electrons. The minimum absolute atomic E-state index is 0.0966. The van der Waals surface area contributed by atoms with Crippen LogP contribution in [0.2, 0.25) is 0 Å². The maximum atomic E-state index is 12.4. The molecule has 1 aliphatic heterocycles. The summed E-state index contributed by atoms with van der Waals surface area (Å²) in [7, 11) is 0. The summed E-state index contributed by atoms with van der Waals surface area (Å²) < 4.78 is 37.3. The van der Waals surface area contributed by atoms with Gasteiger partial charge in [-0.15, -0.1) is 0 Å². The van der Waals surface area contributed by atoms with Crippen LogP contribution in [0.25, 0.3) is 10.4 Å². The van der Waals surface area contributed by atoms with Gasteiger partial charge in [0.15, 0.2) is 0 Å². The highest BCUT2D eigenvalue weighted by molar-refractivity contribution is 5.95. The fourth-order valence-corrected chi connectivity index (χ4v) is 2.14. The summed E-state index contributed by atoms with van der Waals surface area (Å²) in [4.78, 5) is 15.8. The average molecular weight is 284 g/mol. The Balaban J connectivity index is 2.12. The molecular weight excluding hydrogens is 273 g/mol. The Hall–Kier alpha value is -2.21. The number of rotatable bonds is 3. The summed E-state index contributed by atoms with van der Waals surface area (Å²) in [5.74, 6) is -0.274. The lowest BCUT2D eigenvalue weighted by Crippen LogP contribution is -2.24. The number of hydrogen-bond donors (Lipinski definition) is 0. The second-order valence-corrected chi connectivity index (χ2v) is 4.53. The minimum Gasteiger partial charge on any atom is -0.312 e. The number of alkyl halides is 3. The van der Waals surface area contributed by atoms with E-state index in [2.05, 4.69) is 10.0 Å². The third kappa shape index (κ3) is 3.03. The highest BCUT2D eigenvalue weighted by Gasteiger charge is 2.32. The van der Waals surface area contributed by atoms with Gasteiger partial charge in [-0.25, -0.2) is 0 Å². The van der Waals surface area contributed by atoms with Crippen molar-refractivity contribution in [3.05, 3.63) is 40.3 Å². The van der Waals surface area contributed by atoms with Crippen LogP contribution in [0, 0.1) is 5.92 Å². The van der Waals surface area contributed by atoms with Crippen molar-refractivity contribution < 1.29 is 18.0 Å². The molecule has 1 unspecified atom stereocenters. The van der Waals surface area contributed by atoms with Crippen LogP contribution in [-0.4, -0.2) is 19.0 Å². The van der Waals surface area contributed by atoms with Crippen LogP contribution < -0.4 is 4.90 Å². The van der Waals surface area contributed by atoms with Gasteiger partial charge < -0.3 is 4.90 Å². The Morgan fingerprint density at radius 2 is 2.00 bits per heavy atom. The van der Waals surface area contributed by atoms with Gasteiger partial charge in [0.25, 0.3) is 0 Å². The van der Waals surface area contributed by atoms with Gasteiger partial charge in [-0.05, 0) is 35.7 Å². The first-order valence-corrected chi connectivity index (χ1v) is 5.90. The topological polar surface area (TPSA) is 69.1 Å². The number of azide groups is 1. The van der Waals surface area contributed by atoms with Crippen LogP contribution in [-0.2, 0) is 11.0 Å². The predicted octanol–water partition coefficient (Wildman–Crippen LogP) is 3.37. The average Bonchev–Trinajstić information content (AvgIpc) is 2.77. The number of benzene rings is 1. The minimum atomic E-state index is -4.39. The molecule has 0 aliphatic carbocycles. The smallest absolute Gasteiger partial charge is 0.312 e. The maximum Gasteiger partial charge on any atom is 0.416 e. The number of halogens is 3. The van der Waals surface area contributed by atoms with E-state index in [1.54, 1.807) is 0 Å². The maximum absolute atomic E-state index is 12.4. The molecule has 0 spiro atoms. The van der Waals surface area contributed by atoms with Crippen LogP contribution in [0.1, 0.15) is 12.0 Å². The first-order chi connectivity index (χ1) is 9.41. The molecule has 1 fully saturated rings. The van der Waals surface area contributed by atoms with E-state index in [0.29, 0.717) is 12.2 Å². The number of amides is 1. The zero-order valence-electron chi connectivity index (χ0n) is 10.3. The van der Waals surface area contributed by atoms with E-state index < -0.39 is 11.7 Å². The Bertz CT molecular complexity index is 549. The Morgan fingerprint density at radius 3 is 2.55 bits per heavy atom. The first-order valence-electron chi connectivity index (χ1n) is 5.90. The van der Waals surface area contributed by atoms with E-state index in [9.17, 15) is 18.0 Å². The highest BCUT2D eigenvalue weighted by atomic mass is 19.4. The van der Waals surface area contributed by atoms with Crippen molar-refractivity contribution in [1.29, 1.82) is 0 Å². The van der Waals surface area contributed by atoms with E-state index in [4.69, 9.17) is 5.53 Å². The van der Waals surface area contributed by atoms with Gasteiger partial charge in [-0.1, -0.05) is 5.11 Å². The van der Waals surface area contributed by atoms with Crippen molar-refractivity contribution in [1.82, 2.24) is 0 Å². The molecule has 5 nitrogen and oxygen atoms in total. The number of carbonyl (C=O) groups excluding carboxylic acids is 1. The molecule has 0 bridgehead atoms. The molecular formula is C12H11F3N4O. The third-order valence-corrected chi connectivity index (χ3v) is 3.11. The third-order valence-electron chi connectivity index (χ3n) is 3.11. The van der Waals surface area contributed by atoms with E-state index in [-0.39, 0.29) is 24.8 Å². The standard InChI is InChI=1S/C12H11F3N4O/c13-12(14,15)9-1-3-10(4-2-9)19-7-8(5-11(19)20)6-17-18-16/h1-4,8H,5-7H2. The molecule has 1 saturated heterocycles. The van der Waals surface area contributed by atoms with E-state index in [1.807, 2.05) is 0 Å². The van der Waals surface area contributed by atoms with Gasteiger partial charge in [0, 0.05) is 30.1 Å². The van der Waals surface area contributed by atoms with Crippen LogP contribution in [0.3, 0.4) is 0 Å². The van der Waals surface area contributed by atoms with Gasteiger partial charge in [0.1, 0.15) is 0 Å². The summed E-state index contributed by atoms with van der Waals surface area (Å²) in [6.07, 6.45) is -4.16. The van der Waals surface area contributed by atoms with Crippen molar-refractivity contribution >= 4 is 11.6 Å². The molecule has 0 N–H and O–H groups in total. The van der Waals surface area contributed by atoms with Crippen molar-refractivity contribution in [3.63, 3.8) is 0 Å². The second kappa shape index (κ2) is 5.42. The van der Waals surface area contributed by atoms with Crippen LogP contribution >= 0.6 is 0 Å². The predicted molar refractivity (Wildman–Crippen MR) is 65.9 cm³/mol. The van der Waals surface area contributed by atoms with Gasteiger partial charge in [-0.3, -0.25) is 4.79 Å². The quantitative estimate of drug-likeness (QED) is 0.476. The molecule has 1 atom stereocenters. The molecule has 20 heavy (non-hydrogen) atoms. The Morgan fingerprint density at radius 1 is 1.35 bits per heavy atom. The van der Waals surface area contributed by atoms with Crippen molar-refractivity contribution in [2.24, 2.45) is 11.0 Å². The fourth-order valence-electron chi connectivity index (χ4n) is 2.14. The lowest BCUT2D eigenvalue weighted by Gasteiger charge is -2.17.